The zero-order chi connectivity index (χ0) is 26.5. The number of amides is 1. The summed E-state index contributed by atoms with van der Waals surface area (Å²) in [6, 6.07) is 9.55. The highest BCUT2D eigenvalue weighted by Crippen LogP contribution is 2.32. The number of aromatic nitrogens is 2. The average molecular weight is 512 g/mol. The van der Waals surface area contributed by atoms with Gasteiger partial charge in [0, 0.05) is 13.6 Å². The lowest BCUT2D eigenvalue weighted by atomic mass is 9.87. The number of halogens is 1. The van der Waals surface area contributed by atoms with E-state index in [1.165, 1.54) is 17.0 Å². The maximum absolute atomic E-state index is 13.4. The van der Waals surface area contributed by atoms with Crippen molar-refractivity contribution >= 4 is 12.1 Å². The number of aryl methyl sites for hydroxylation is 2. The van der Waals surface area contributed by atoms with Crippen LogP contribution in [0.3, 0.4) is 0 Å². The molecule has 2 aromatic heterocycles. The zero-order valence-corrected chi connectivity index (χ0v) is 21.1. The van der Waals surface area contributed by atoms with Crippen LogP contribution in [-0.2, 0) is 22.7 Å². The molecule has 0 unspecified atom stereocenters. The molecule has 0 aliphatic heterocycles. The maximum Gasteiger partial charge on any atom is 0.410 e. The number of aliphatic carboxylic acids is 1. The van der Waals surface area contributed by atoms with Crippen molar-refractivity contribution in [2.45, 2.75) is 58.8 Å². The van der Waals surface area contributed by atoms with Crippen molar-refractivity contribution in [2.24, 2.45) is 5.92 Å². The van der Waals surface area contributed by atoms with E-state index in [-0.39, 0.29) is 31.0 Å². The first kappa shape index (κ1) is 26.1. The van der Waals surface area contributed by atoms with Gasteiger partial charge in [0.2, 0.25) is 0 Å². The Morgan fingerprint density at radius 1 is 1.19 bits per heavy atom. The van der Waals surface area contributed by atoms with Crippen LogP contribution < -0.4 is 4.74 Å². The van der Waals surface area contributed by atoms with Gasteiger partial charge in [-0.25, -0.2) is 14.2 Å². The molecule has 1 amide bonds. The van der Waals surface area contributed by atoms with Crippen LogP contribution >= 0.6 is 0 Å². The van der Waals surface area contributed by atoms with Gasteiger partial charge >= 0.3 is 12.1 Å². The van der Waals surface area contributed by atoms with Gasteiger partial charge in [-0.1, -0.05) is 17.3 Å². The smallest absolute Gasteiger partial charge is 0.410 e. The van der Waals surface area contributed by atoms with E-state index in [1.54, 1.807) is 45.2 Å². The summed E-state index contributed by atoms with van der Waals surface area (Å²) in [5, 5.41) is 13.3. The van der Waals surface area contributed by atoms with Crippen molar-refractivity contribution in [1.82, 2.24) is 15.0 Å². The molecule has 196 valence electrons. The van der Waals surface area contributed by atoms with E-state index in [1.807, 2.05) is 0 Å². The van der Waals surface area contributed by atoms with E-state index in [0.717, 1.165) is 12.8 Å². The van der Waals surface area contributed by atoms with Crippen LogP contribution in [0.5, 0.6) is 5.75 Å². The molecule has 1 fully saturated rings. The summed E-state index contributed by atoms with van der Waals surface area (Å²) in [5.74, 6) is -0.570. The number of carbonyl (C=O) groups excluding carboxylic acids is 1. The number of hydrogen-bond donors (Lipinski definition) is 1. The Balaban J connectivity index is 1.41. The highest BCUT2D eigenvalue weighted by atomic mass is 19.1. The molecule has 0 bridgehead atoms. The van der Waals surface area contributed by atoms with Gasteiger partial charge in [-0.15, -0.1) is 0 Å². The number of carbonyl (C=O) groups is 2. The molecule has 3 aromatic rings. The molecule has 1 aliphatic carbocycles. The van der Waals surface area contributed by atoms with Gasteiger partial charge in [0.25, 0.3) is 0 Å². The summed E-state index contributed by atoms with van der Waals surface area (Å²) in [5.41, 5.74) is 2.94. The fraction of sp³-hybridized carbons (Fsp3) is 0.407. The summed E-state index contributed by atoms with van der Waals surface area (Å²) < 4.78 is 30.5. The number of pyridine rings is 1. The lowest BCUT2D eigenvalue weighted by Crippen LogP contribution is -2.29. The van der Waals surface area contributed by atoms with E-state index in [2.05, 4.69) is 10.1 Å². The molecule has 37 heavy (non-hydrogen) atoms. The van der Waals surface area contributed by atoms with Gasteiger partial charge in [-0.3, -0.25) is 4.79 Å². The van der Waals surface area contributed by atoms with Gasteiger partial charge in [0.15, 0.2) is 5.76 Å². The van der Waals surface area contributed by atoms with Crippen LogP contribution in [0.15, 0.2) is 40.9 Å². The van der Waals surface area contributed by atoms with E-state index >= 15 is 0 Å². The number of ether oxygens (including phenoxy) is 2. The normalized spacial score (nSPS) is 17.3. The summed E-state index contributed by atoms with van der Waals surface area (Å²) in [4.78, 5) is 29.8. The Morgan fingerprint density at radius 2 is 2.00 bits per heavy atom. The van der Waals surface area contributed by atoms with Crippen molar-refractivity contribution in [2.75, 3.05) is 7.05 Å². The Labute approximate surface area is 214 Å². The van der Waals surface area contributed by atoms with Crippen LogP contribution in [0, 0.1) is 25.6 Å². The number of rotatable bonds is 8. The molecule has 0 spiro atoms. The SMILES string of the molecule is Cc1nc(-c2onc(C)c2COC(=O)N(C)Cc2cccc(F)c2)ccc1O[C@H]1CCC[C@H](C(=O)O)C1. The zero-order valence-electron chi connectivity index (χ0n) is 21.1. The standard InChI is InChI=1S/C27H30FN3O6/c1-16-22(15-35-27(34)31(3)14-18-6-4-8-20(28)12-18)25(37-30-16)23-10-11-24(17(2)29-23)36-21-9-5-7-19(13-21)26(32)33/h4,6,8,10-12,19,21H,5,7,9,13-15H2,1-3H3,(H,32,33)/t19-,21-/m0/s1. The third kappa shape index (κ3) is 6.44. The highest BCUT2D eigenvalue weighted by Gasteiger charge is 2.28. The van der Waals surface area contributed by atoms with Crippen LogP contribution in [0.2, 0.25) is 0 Å². The molecule has 10 heteroatoms. The third-order valence-corrected chi connectivity index (χ3v) is 6.48. The number of carboxylic acid groups (broad SMARTS) is 1. The minimum atomic E-state index is -0.785. The van der Waals surface area contributed by atoms with Gasteiger partial charge in [-0.05, 0) is 69.4 Å². The molecule has 0 saturated heterocycles. The predicted octanol–water partition coefficient (Wildman–Crippen LogP) is 5.28. The van der Waals surface area contributed by atoms with Crippen molar-refractivity contribution in [3.8, 4) is 17.2 Å². The Kier molecular flexibility index (Phi) is 8.05. The van der Waals surface area contributed by atoms with E-state index in [4.69, 9.17) is 14.0 Å². The molecule has 1 N–H and O–H groups in total. The summed E-state index contributed by atoms with van der Waals surface area (Å²) in [7, 11) is 1.57. The largest absolute Gasteiger partial charge is 0.489 e. The molecule has 2 atom stereocenters. The summed E-state index contributed by atoms with van der Waals surface area (Å²) in [6.07, 6.45) is 2.01. The van der Waals surface area contributed by atoms with Crippen LogP contribution in [0.4, 0.5) is 9.18 Å². The molecule has 1 aromatic carbocycles. The van der Waals surface area contributed by atoms with Crippen LogP contribution in [-0.4, -0.2) is 45.4 Å². The van der Waals surface area contributed by atoms with Crippen molar-refractivity contribution in [3.05, 3.63) is 64.7 Å². The fourth-order valence-corrected chi connectivity index (χ4v) is 4.43. The van der Waals surface area contributed by atoms with Gasteiger partial charge in [0.1, 0.15) is 23.9 Å². The van der Waals surface area contributed by atoms with E-state index in [0.29, 0.717) is 52.6 Å². The Morgan fingerprint density at radius 3 is 2.73 bits per heavy atom. The molecule has 2 heterocycles. The highest BCUT2D eigenvalue weighted by molar-refractivity contribution is 5.70. The fourth-order valence-electron chi connectivity index (χ4n) is 4.43. The van der Waals surface area contributed by atoms with Gasteiger partial charge in [0.05, 0.1) is 29.0 Å². The first-order valence-corrected chi connectivity index (χ1v) is 12.2. The number of nitrogens with zero attached hydrogens (tertiary/aromatic N) is 3. The van der Waals surface area contributed by atoms with Crippen molar-refractivity contribution in [3.63, 3.8) is 0 Å². The molecular weight excluding hydrogens is 481 g/mol. The Bertz CT molecular complexity index is 1280. The van der Waals surface area contributed by atoms with E-state index in [9.17, 15) is 19.1 Å². The second-order valence-electron chi connectivity index (χ2n) is 9.34. The second-order valence-corrected chi connectivity index (χ2v) is 9.34. The first-order valence-electron chi connectivity index (χ1n) is 12.2. The van der Waals surface area contributed by atoms with Crippen molar-refractivity contribution < 1.29 is 33.1 Å². The minimum absolute atomic E-state index is 0.0748. The number of benzene rings is 1. The average Bonchev–Trinajstić information content (AvgIpc) is 3.24. The molecule has 1 aliphatic rings. The Hall–Kier alpha value is -3.95. The molecule has 1 saturated carbocycles. The second kappa shape index (κ2) is 11.4. The van der Waals surface area contributed by atoms with Crippen molar-refractivity contribution in [1.29, 1.82) is 0 Å². The predicted molar refractivity (Wildman–Crippen MR) is 131 cm³/mol. The summed E-state index contributed by atoms with van der Waals surface area (Å²) in [6.45, 7) is 3.68. The molecule has 0 radical (unpaired) electrons. The summed E-state index contributed by atoms with van der Waals surface area (Å²) >= 11 is 0. The van der Waals surface area contributed by atoms with Crippen LogP contribution in [0.25, 0.3) is 11.5 Å². The molecule has 4 rings (SSSR count). The first-order chi connectivity index (χ1) is 17.7. The van der Waals surface area contributed by atoms with E-state index < -0.39 is 12.1 Å². The third-order valence-electron chi connectivity index (χ3n) is 6.48. The monoisotopic (exact) mass is 511 g/mol. The quantitative estimate of drug-likeness (QED) is 0.434. The number of hydrogen-bond acceptors (Lipinski definition) is 7. The lowest BCUT2D eigenvalue weighted by Gasteiger charge is -2.27. The molecular formula is C27H30FN3O6. The lowest BCUT2D eigenvalue weighted by molar-refractivity contribution is -0.143. The van der Waals surface area contributed by atoms with Gasteiger partial charge in [-0.2, -0.15) is 0 Å². The number of carboxylic acids is 1. The minimum Gasteiger partial charge on any atom is -0.489 e. The maximum atomic E-state index is 13.4. The molecule has 9 nitrogen and oxygen atoms in total. The van der Waals surface area contributed by atoms with Gasteiger partial charge < -0.3 is 24.0 Å². The topological polar surface area (TPSA) is 115 Å². The van der Waals surface area contributed by atoms with Crippen LogP contribution in [0.1, 0.15) is 48.2 Å².